The van der Waals surface area contributed by atoms with Crippen molar-refractivity contribution in [3.63, 3.8) is 0 Å². The van der Waals surface area contributed by atoms with E-state index in [1.807, 2.05) is 6.92 Å². The Morgan fingerprint density at radius 2 is 2.00 bits per heavy atom. The molecule has 0 aliphatic carbocycles. The number of benzene rings is 1. The third kappa shape index (κ3) is 4.19. The van der Waals surface area contributed by atoms with Gasteiger partial charge in [0.15, 0.2) is 0 Å². The van der Waals surface area contributed by atoms with Crippen LogP contribution in [0.5, 0.6) is 0 Å². The lowest BCUT2D eigenvalue weighted by Gasteiger charge is -2.11. The maximum absolute atomic E-state index is 11.9. The van der Waals surface area contributed by atoms with Crippen molar-refractivity contribution in [2.24, 2.45) is 0 Å². The second kappa shape index (κ2) is 7.22. The minimum atomic E-state index is -3.82. The maximum Gasteiger partial charge on any atom is 0.337 e. The molecule has 1 aromatic rings. The number of carboxylic acid groups (broad SMARTS) is 1. The summed E-state index contributed by atoms with van der Waals surface area (Å²) >= 11 is 0. The van der Waals surface area contributed by atoms with E-state index in [0.717, 1.165) is 12.5 Å². The van der Waals surface area contributed by atoms with Crippen LogP contribution in [0, 0.1) is 0 Å². The van der Waals surface area contributed by atoms with E-state index >= 15 is 0 Å². The molecule has 0 bridgehead atoms. The lowest BCUT2D eigenvalue weighted by molar-refractivity contribution is 0.0697. The van der Waals surface area contributed by atoms with Gasteiger partial charge in [-0.15, -0.1) is 0 Å². The number of anilines is 1. The van der Waals surface area contributed by atoms with Crippen LogP contribution in [0.2, 0.25) is 0 Å². The van der Waals surface area contributed by atoms with Gasteiger partial charge < -0.3 is 15.5 Å². The van der Waals surface area contributed by atoms with Crippen LogP contribution in [0.25, 0.3) is 0 Å². The molecule has 0 saturated heterocycles. The molecule has 1 rings (SSSR count). The van der Waals surface area contributed by atoms with Crippen molar-refractivity contribution in [1.29, 1.82) is 0 Å². The molecular formula is C12H18N2O5S. The van der Waals surface area contributed by atoms with Gasteiger partial charge in [-0.05, 0) is 24.6 Å². The van der Waals surface area contributed by atoms with Crippen molar-refractivity contribution in [2.75, 3.05) is 25.0 Å². The summed E-state index contributed by atoms with van der Waals surface area (Å²) in [6.07, 6.45) is 0.817. The Morgan fingerprint density at radius 1 is 1.30 bits per heavy atom. The normalized spacial score (nSPS) is 11.3. The number of hydrogen-bond acceptors (Lipinski definition) is 5. The first kappa shape index (κ1) is 16.4. The third-order valence-corrected chi connectivity index (χ3v) is 3.96. The first-order valence-corrected chi connectivity index (χ1v) is 7.62. The SMILES string of the molecule is CCCNc1ccc(S(=O)(=O)NCCO)cc1C(=O)O. The summed E-state index contributed by atoms with van der Waals surface area (Å²) in [5.74, 6) is -1.21. The van der Waals surface area contributed by atoms with E-state index in [4.69, 9.17) is 10.2 Å². The Labute approximate surface area is 117 Å². The number of hydrogen-bond donors (Lipinski definition) is 4. The smallest absolute Gasteiger partial charge is 0.337 e. The summed E-state index contributed by atoms with van der Waals surface area (Å²) in [5.41, 5.74) is 0.269. The van der Waals surface area contributed by atoms with Crippen molar-refractivity contribution in [1.82, 2.24) is 4.72 Å². The molecular weight excluding hydrogens is 284 g/mol. The van der Waals surface area contributed by atoms with Gasteiger partial charge in [0.25, 0.3) is 0 Å². The van der Waals surface area contributed by atoms with Crippen LogP contribution in [0.3, 0.4) is 0 Å². The fourth-order valence-corrected chi connectivity index (χ4v) is 2.59. The van der Waals surface area contributed by atoms with Crippen LogP contribution in [-0.2, 0) is 10.0 Å². The van der Waals surface area contributed by atoms with Crippen LogP contribution in [0.4, 0.5) is 5.69 Å². The van der Waals surface area contributed by atoms with E-state index in [0.29, 0.717) is 12.2 Å². The average Bonchev–Trinajstić information content (AvgIpc) is 2.42. The van der Waals surface area contributed by atoms with Crippen LogP contribution in [-0.4, -0.2) is 44.3 Å². The van der Waals surface area contributed by atoms with E-state index in [1.165, 1.54) is 12.1 Å². The number of rotatable bonds is 8. The molecule has 0 radical (unpaired) electrons. The standard InChI is InChI=1S/C12H18N2O5S/c1-2-5-13-11-4-3-9(8-10(11)12(16)17)20(18,19)14-6-7-15/h3-4,8,13-15H,2,5-7H2,1H3,(H,16,17). The molecule has 8 heteroatoms. The fraction of sp³-hybridized carbons (Fsp3) is 0.417. The van der Waals surface area contributed by atoms with Crippen LogP contribution in [0.15, 0.2) is 23.1 Å². The monoisotopic (exact) mass is 302 g/mol. The number of nitrogens with one attached hydrogen (secondary N) is 2. The largest absolute Gasteiger partial charge is 0.478 e. The molecule has 0 unspecified atom stereocenters. The molecule has 112 valence electrons. The second-order valence-corrected chi connectivity index (χ2v) is 5.83. The Morgan fingerprint density at radius 3 is 2.55 bits per heavy atom. The van der Waals surface area contributed by atoms with Gasteiger partial charge in [0.1, 0.15) is 0 Å². The first-order chi connectivity index (χ1) is 9.42. The predicted octanol–water partition coefficient (Wildman–Crippen LogP) is 0.477. The van der Waals surface area contributed by atoms with Crippen LogP contribution < -0.4 is 10.0 Å². The zero-order chi connectivity index (χ0) is 15.2. The molecule has 0 aliphatic heterocycles. The minimum absolute atomic E-state index is 0.106. The summed E-state index contributed by atoms with van der Waals surface area (Å²) in [5, 5.41) is 20.7. The first-order valence-electron chi connectivity index (χ1n) is 6.14. The van der Waals surface area contributed by atoms with Crippen LogP contribution in [0.1, 0.15) is 23.7 Å². The molecule has 0 saturated carbocycles. The van der Waals surface area contributed by atoms with Gasteiger partial charge in [0.05, 0.1) is 17.1 Å². The quantitative estimate of drug-likeness (QED) is 0.555. The lowest BCUT2D eigenvalue weighted by Crippen LogP contribution is -2.27. The second-order valence-electron chi connectivity index (χ2n) is 4.06. The Bertz CT molecular complexity index is 571. The van der Waals surface area contributed by atoms with Crippen molar-refractivity contribution >= 4 is 21.7 Å². The summed E-state index contributed by atoms with van der Waals surface area (Å²) in [7, 11) is -3.82. The number of aliphatic hydroxyl groups excluding tert-OH is 1. The minimum Gasteiger partial charge on any atom is -0.478 e. The molecule has 20 heavy (non-hydrogen) atoms. The number of sulfonamides is 1. The highest BCUT2D eigenvalue weighted by Gasteiger charge is 2.18. The van der Waals surface area contributed by atoms with Gasteiger partial charge in [-0.3, -0.25) is 0 Å². The maximum atomic E-state index is 11.9. The van der Waals surface area contributed by atoms with Crippen LogP contribution >= 0.6 is 0 Å². The molecule has 0 amide bonds. The molecule has 0 aromatic heterocycles. The lowest BCUT2D eigenvalue weighted by atomic mass is 10.2. The third-order valence-electron chi connectivity index (χ3n) is 2.50. The highest BCUT2D eigenvalue weighted by molar-refractivity contribution is 7.89. The zero-order valence-electron chi connectivity index (χ0n) is 11.1. The number of carboxylic acids is 1. The van der Waals surface area contributed by atoms with Crippen molar-refractivity contribution in [2.45, 2.75) is 18.2 Å². The van der Waals surface area contributed by atoms with E-state index < -0.39 is 16.0 Å². The van der Waals surface area contributed by atoms with E-state index in [1.54, 1.807) is 0 Å². The van der Waals surface area contributed by atoms with Gasteiger partial charge in [-0.1, -0.05) is 6.92 Å². The Balaban J connectivity index is 3.13. The molecule has 1 aromatic carbocycles. The van der Waals surface area contributed by atoms with Gasteiger partial charge in [-0.25, -0.2) is 17.9 Å². The zero-order valence-corrected chi connectivity index (χ0v) is 11.9. The molecule has 7 nitrogen and oxygen atoms in total. The number of carbonyl (C=O) groups is 1. The van der Waals surface area contributed by atoms with Gasteiger partial charge >= 0.3 is 5.97 Å². The Hall–Kier alpha value is -1.64. The highest BCUT2D eigenvalue weighted by atomic mass is 32.2. The Kier molecular flexibility index (Phi) is 5.93. The van der Waals surface area contributed by atoms with Gasteiger partial charge in [-0.2, -0.15) is 0 Å². The molecule has 0 fully saturated rings. The van der Waals surface area contributed by atoms with E-state index in [-0.39, 0.29) is 23.6 Å². The molecule has 0 aliphatic rings. The molecule has 4 N–H and O–H groups in total. The summed E-state index contributed by atoms with van der Waals surface area (Å²) < 4.78 is 25.9. The van der Waals surface area contributed by atoms with Crippen molar-refractivity contribution < 1.29 is 23.4 Å². The molecule has 0 spiro atoms. The topological polar surface area (TPSA) is 116 Å². The summed E-state index contributed by atoms with van der Waals surface area (Å²) in [4.78, 5) is 11.0. The average molecular weight is 302 g/mol. The fourth-order valence-electron chi connectivity index (χ4n) is 1.54. The molecule has 0 atom stereocenters. The van der Waals surface area contributed by atoms with E-state index in [2.05, 4.69) is 10.0 Å². The molecule has 0 heterocycles. The van der Waals surface area contributed by atoms with Crippen molar-refractivity contribution in [3.05, 3.63) is 23.8 Å². The highest BCUT2D eigenvalue weighted by Crippen LogP contribution is 2.20. The van der Waals surface area contributed by atoms with Gasteiger partial charge in [0.2, 0.25) is 10.0 Å². The van der Waals surface area contributed by atoms with E-state index in [9.17, 15) is 13.2 Å². The van der Waals surface area contributed by atoms with Gasteiger partial charge in [0, 0.05) is 18.8 Å². The summed E-state index contributed by atoms with van der Waals surface area (Å²) in [6.45, 7) is 2.07. The summed E-state index contributed by atoms with van der Waals surface area (Å²) in [6, 6.07) is 3.84. The predicted molar refractivity (Wildman–Crippen MR) is 74.5 cm³/mol. The number of aliphatic hydroxyl groups is 1. The van der Waals surface area contributed by atoms with Crippen molar-refractivity contribution in [3.8, 4) is 0 Å². The number of aromatic carboxylic acids is 1.